The lowest BCUT2D eigenvalue weighted by atomic mass is 10.1. The van der Waals surface area contributed by atoms with E-state index in [0.29, 0.717) is 30.3 Å². The van der Waals surface area contributed by atoms with Crippen LogP contribution in [0.5, 0.6) is 17.2 Å². The average Bonchev–Trinajstić information content (AvgIpc) is 3.23. The van der Waals surface area contributed by atoms with E-state index in [1.807, 2.05) is 30.9 Å². The van der Waals surface area contributed by atoms with Crippen LogP contribution >= 0.6 is 0 Å². The maximum Gasteiger partial charge on any atom is 0.254 e. The van der Waals surface area contributed by atoms with Gasteiger partial charge < -0.3 is 19.1 Å². The van der Waals surface area contributed by atoms with Crippen molar-refractivity contribution >= 4 is 5.91 Å². The molecule has 0 radical (unpaired) electrons. The summed E-state index contributed by atoms with van der Waals surface area (Å²) in [5, 5.41) is 0. The summed E-state index contributed by atoms with van der Waals surface area (Å²) in [5.41, 5.74) is 3.27. The molecule has 160 valence electrons. The Kier molecular flexibility index (Phi) is 6.43. The monoisotopic (exact) mass is 410 g/mol. The third kappa shape index (κ3) is 4.54. The zero-order valence-corrected chi connectivity index (χ0v) is 17.9. The highest BCUT2D eigenvalue weighted by molar-refractivity contribution is 5.95. The Labute approximate surface area is 178 Å². The van der Waals surface area contributed by atoms with E-state index < -0.39 is 0 Å². The van der Waals surface area contributed by atoms with Crippen molar-refractivity contribution in [3.05, 3.63) is 53.1 Å². The number of hydrogen-bond acceptors (Lipinski definition) is 5. The molecule has 0 aliphatic carbocycles. The second-order valence-corrected chi connectivity index (χ2v) is 7.64. The molecule has 0 aromatic heterocycles. The van der Waals surface area contributed by atoms with E-state index >= 15 is 0 Å². The van der Waals surface area contributed by atoms with Gasteiger partial charge in [-0.3, -0.25) is 9.69 Å². The van der Waals surface area contributed by atoms with Crippen LogP contribution in [0.3, 0.4) is 0 Å². The van der Waals surface area contributed by atoms with Gasteiger partial charge in [0.25, 0.3) is 5.91 Å². The number of benzene rings is 2. The maximum absolute atomic E-state index is 13.0. The number of hydrogen-bond donors (Lipinski definition) is 0. The molecule has 2 heterocycles. The number of piperazine rings is 1. The number of carbonyl (C=O) groups is 1. The number of fused-ring (bicyclic) bond motifs is 1. The van der Waals surface area contributed by atoms with Crippen molar-refractivity contribution in [3.63, 3.8) is 0 Å². The van der Waals surface area contributed by atoms with Gasteiger partial charge in [-0.25, -0.2) is 0 Å². The molecular formula is C24H30N2O4. The highest BCUT2D eigenvalue weighted by atomic mass is 16.5. The molecule has 1 fully saturated rings. The van der Waals surface area contributed by atoms with Gasteiger partial charge in [-0.2, -0.15) is 0 Å². The average molecular weight is 411 g/mol. The van der Waals surface area contributed by atoms with Gasteiger partial charge >= 0.3 is 0 Å². The van der Waals surface area contributed by atoms with Crippen molar-refractivity contribution in [1.29, 1.82) is 0 Å². The summed E-state index contributed by atoms with van der Waals surface area (Å²) in [6.07, 6.45) is 0.997. The highest BCUT2D eigenvalue weighted by Crippen LogP contribution is 2.29. The second-order valence-electron chi connectivity index (χ2n) is 7.64. The fraction of sp³-hybridized carbons (Fsp3) is 0.458. The molecule has 30 heavy (non-hydrogen) atoms. The van der Waals surface area contributed by atoms with Crippen LogP contribution in [0, 0.1) is 0 Å². The standard InChI is InChI=1S/C24H30N2O4/c1-3-28-22-8-6-20(16-23(22)29-4-2)24(27)26-12-10-25(11-13-26)17-18-5-7-21-19(15-18)9-14-30-21/h5-8,15-16H,3-4,9-14,17H2,1-2H3. The molecule has 2 aliphatic rings. The van der Waals surface area contributed by atoms with Gasteiger partial charge in [-0.1, -0.05) is 12.1 Å². The van der Waals surface area contributed by atoms with Crippen molar-refractivity contribution < 1.29 is 19.0 Å². The first kappa shape index (κ1) is 20.5. The Balaban J connectivity index is 1.35. The molecule has 0 atom stereocenters. The summed E-state index contributed by atoms with van der Waals surface area (Å²) >= 11 is 0. The van der Waals surface area contributed by atoms with E-state index in [4.69, 9.17) is 14.2 Å². The predicted octanol–water partition coefficient (Wildman–Crippen LogP) is 3.38. The van der Waals surface area contributed by atoms with Gasteiger partial charge in [0.1, 0.15) is 5.75 Å². The molecule has 1 saturated heterocycles. The van der Waals surface area contributed by atoms with E-state index in [1.165, 1.54) is 11.1 Å². The van der Waals surface area contributed by atoms with Crippen LogP contribution in [0.4, 0.5) is 0 Å². The van der Waals surface area contributed by atoms with Crippen molar-refractivity contribution in [2.75, 3.05) is 46.0 Å². The zero-order valence-electron chi connectivity index (χ0n) is 17.9. The predicted molar refractivity (Wildman–Crippen MR) is 116 cm³/mol. The summed E-state index contributed by atoms with van der Waals surface area (Å²) in [6.45, 7) is 9.85. The topological polar surface area (TPSA) is 51.2 Å². The molecule has 1 amide bonds. The van der Waals surface area contributed by atoms with Crippen LogP contribution in [0.25, 0.3) is 0 Å². The van der Waals surface area contributed by atoms with Crippen LogP contribution in [0.2, 0.25) is 0 Å². The maximum atomic E-state index is 13.0. The number of ether oxygens (including phenoxy) is 3. The van der Waals surface area contributed by atoms with E-state index in [2.05, 4.69) is 23.1 Å². The summed E-state index contributed by atoms with van der Waals surface area (Å²) in [6, 6.07) is 11.9. The third-order valence-corrected chi connectivity index (χ3v) is 5.61. The molecule has 4 rings (SSSR count). The molecule has 2 aliphatic heterocycles. The van der Waals surface area contributed by atoms with Crippen molar-refractivity contribution in [2.45, 2.75) is 26.8 Å². The lowest BCUT2D eigenvalue weighted by Gasteiger charge is -2.35. The first-order valence-electron chi connectivity index (χ1n) is 10.8. The number of rotatable bonds is 7. The van der Waals surface area contributed by atoms with Crippen LogP contribution in [-0.2, 0) is 13.0 Å². The number of nitrogens with zero attached hydrogens (tertiary/aromatic N) is 2. The minimum absolute atomic E-state index is 0.0494. The molecule has 2 aromatic carbocycles. The molecule has 2 aromatic rings. The molecule has 6 heteroatoms. The number of carbonyl (C=O) groups excluding carboxylic acids is 1. The molecule has 0 spiro atoms. The van der Waals surface area contributed by atoms with E-state index in [9.17, 15) is 4.79 Å². The molecule has 0 unspecified atom stereocenters. The zero-order chi connectivity index (χ0) is 20.9. The Hall–Kier alpha value is -2.73. The van der Waals surface area contributed by atoms with Gasteiger partial charge in [-0.15, -0.1) is 0 Å². The Morgan fingerprint density at radius 2 is 1.73 bits per heavy atom. The normalized spacial score (nSPS) is 16.1. The molecule has 6 nitrogen and oxygen atoms in total. The lowest BCUT2D eigenvalue weighted by molar-refractivity contribution is 0.0628. The molecular weight excluding hydrogens is 380 g/mol. The van der Waals surface area contributed by atoms with E-state index in [-0.39, 0.29) is 5.91 Å². The quantitative estimate of drug-likeness (QED) is 0.701. The minimum Gasteiger partial charge on any atom is -0.493 e. The van der Waals surface area contributed by atoms with Crippen molar-refractivity contribution in [3.8, 4) is 17.2 Å². The fourth-order valence-corrected chi connectivity index (χ4v) is 4.07. The smallest absolute Gasteiger partial charge is 0.254 e. The van der Waals surface area contributed by atoms with Gasteiger partial charge in [-0.05, 0) is 49.2 Å². The summed E-state index contributed by atoms with van der Waals surface area (Å²) in [4.78, 5) is 17.4. The van der Waals surface area contributed by atoms with E-state index in [1.54, 1.807) is 6.07 Å². The minimum atomic E-state index is 0.0494. The second kappa shape index (κ2) is 9.39. The molecule has 0 saturated carbocycles. The van der Waals surface area contributed by atoms with Gasteiger partial charge in [0, 0.05) is 44.7 Å². The first-order chi connectivity index (χ1) is 14.7. The molecule has 0 N–H and O–H groups in total. The lowest BCUT2D eigenvalue weighted by Crippen LogP contribution is -2.48. The van der Waals surface area contributed by atoms with E-state index in [0.717, 1.165) is 51.5 Å². The Morgan fingerprint density at radius 3 is 2.50 bits per heavy atom. The van der Waals surface area contributed by atoms with Crippen molar-refractivity contribution in [2.24, 2.45) is 0 Å². The fourth-order valence-electron chi connectivity index (χ4n) is 4.07. The molecule has 0 bridgehead atoms. The summed E-state index contributed by atoms with van der Waals surface area (Å²) in [7, 11) is 0. The highest BCUT2D eigenvalue weighted by Gasteiger charge is 2.23. The van der Waals surface area contributed by atoms with Crippen LogP contribution in [0.1, 0.15) is 35.3 Å². The Bertz CT molecular complexity index is 891. The largest absolute Gasteiger partial charge is 0.493 e. The van der Waals surface area contributed by atoms with Crippen LogP contribution < -0.4 is 14.2 Å². The van der Waals surface area contributed by atoms with Crippen molar-refractivity contribution in [1.82, 2.24) is 9.80 Å². The van der Waals surface area contributed by atoms with Gasteiger partial charge in [0.15, 0.2) is 11.5 Å². The van der Waals surface area contributed by atoms with Gasteiger partial charge in [0.05, 0.1) is 19.8 Å². The summed E-state index contributed by atoms with van der Waals surface area (Å²) in [5.74, 6) is 2.38. The number of amides is 1. The summed E-state index contributed by atoms with van der Waals surface area (Å²) < 4.78 is 16.9. The van der Waals surface area contributed by atoms with Crippen LogP contribution in [-0.4, -0.2) is 61.7 Å². The Morgan fingerprint density at radius 1 is 0.967 bits per heavy atom. The van der Waals surface area contributed by atoms with Gasteiger partial charge in [0.2, 0.25) is 0 Å². The third-order valence-electron chi connectivity index (χ3n) is 5.61. The SMILES string of the molecule is CCOc1ccc(C(=O)N2CCN(Cc3ccc4c(c3)CCO4)CC2)cc1OCC. The first-order valence-corrected chi connectivity index (χ1v) is 10.8. The van der Waals surface area contributed by atoms with Crippen LogP contribution in [0.15, 0.2) is 36.4 Å².